The summed E-state index contributed by atoms with van der Waals surface area (Å²) in [5.41, 5.74) is 1.20. The van der Waals surface area contributed by atoms with Crippen LogP contribution in [0.3, 0.4) is 0 Å². The summed E-state index contributed by atoms with van der Waals surface area (Å²) in [5.74, 6) is 0.434. The van der Waals surface area contributed by atoms with Crippen LogP contribution in [0.2, 0.25) is 0 Å². The van der Waals surface area contributed by atoms with Crippen LogP contribution in [-0.4, -0.2) is 47.0 Å². The SMILES string of the molecule is COc1ccc(N(CC(=O)N(C)Cc2ccccc2)S(=O)(=O)c2ccccc2)c(OC)c1. The fourth-order valence-corrected chi connectivity index (χ4v) is 4.65. The molecule has 32 heavy (non-hydrogen) atoms. The molecule has 168 valence electrons. The van der Waals surface area contributed by atoms with Gasteiger partial charge in [0.25, 0.3) is 10.0 Å². The third-order valence-corrected chi connectivity index (χ3v) is 6.73. The van der Waals surface area contributed by atoms with Gasteiger partial charge in [-0.3, -0.25) is 9.10 Å². The number of nitrogens with zero attached hydrogens (tertiary/aromatic N) is 2. The van der Waals surface area contributed by atoms with Crippen molar-refractivity contribution in [1.82, 2.24) is 4.90 Å². The van der Waals surface area contributed by atoms with E-state index in [4.69, 9.17) is 9.47 Å². The first kappa shape index (κ1) is 23.1. The molecule has 7 nitrogen and oxygen atoms in total. The molecule has 0 heterocycles. The van der Waals surface area contributed by atoms with Crippen molar-refractivity contribution < 1.29 is 22.7 Å². The second kappa shape index (κ2) is 10.2. The standard InChI is InChI=1S/C24H26N2O5S/c1-25(17-19-10-6-4-7-11-19)24(27)18-26(32(28,29)21-12-8-5-9-13-21)22-15-14-20(30-2)16-23(22)31-3/h4-16H,17-18H2,1-3H3. The Kier molecular flexibility index (Phi) is 7.37. The van der Waals surface area contributed by atoms with Crippen molar-refractivity contribution >= 4 is 21.6 Å². The third-order valence-electron chi connectivity index (χ3n) is 4.95. The molecular formula is C24H26N2O5S. The first-order valence-electron chi connectivity index (χ1n) is 9.94. The van der Waals surface area contributed by atoms with Crippen LogP contribution in [0, 0.1) is 0 Å². The average Bonchev–Trinajstić information content (AvgIpc) is 2.83. The van der Waals surface area contributed by atoms with Crippen molar-refractivity contribution in [1.29, 1.82) is 0 Å². The number of rotatable bonds is 9. The fourth-order valence-electron chi connectivity index (χ4n) is 3.20. The van der Waals surface area contributed by atoms with Gasteiger partial charge in [0.1, 0.15) is 18.0 Å². The highest BCUT2D eigenvalue weighted by molar-refractivity contribution is 7.92. The number of likely N-dealkylation sites (N-methyl/N-ethyl adjacent to an activating group) is 1. The van der Waals surface area contributed by atoms with E-state index < -0.39 is 10.0 Å². The molecule has 0 atom stereocenters. The van der Waals surface area contributed by atoms with Crippen molar-refractivity contribution in [2.45, 2.75) is 11.4 Å². The van der Waals surface area contributed by atoms with Crippen LogP contribution in [0.25, 0.3) is 0 Å². The summed E-state index contributed by atoms with van der Waals surface area (Å²) >= 11 is 0. The minimum atomic E-state index is -4.04. The molecule has 0 saturated heterocycles. The van der Waals surface area contributed by atoms with Crippen LogP contribution in [0.4, 0.5) is 5.69 Å². The van der Waals surface area contributed by atoms with Crippen LogP contribution < -0.4 is 13.8 Å². The summed E-state index contributed by atoms with van der Waals surface area (Å²) in [6.07, 6.45) is 0. The Morgan fingerprint density at radius 1 is 0.875 bits per heavy atom. The monoisotopic (exact) mass is 454 g/mol. The fraction of sp³-hybridized carbons (Fsp3) is 0.208. The van der Waals surface area contributed by atoms with Gasteiger partial charge in [0.15, 0.2) is 0 Å². The van der Waals surface area contributed by atoms with Crippen molar-refractivity contribution in [2.75, 3.05) is 32.1 Å². The number of sulfonamides is 1. The van der Waals surface area contributed by atoms with Crippen LogP contribution in [0.5, 0.6) is 11.5 Å². The molecule has 3 rings (SSSR count). The second-order valence-electron chi connectivity index (χ2n) is 7.10. The zero-order valence-corrected chi connectivity index (χ0v) is 19.1. The van der Waals surface area contributed by atoms with Gasteiger partial charge in [0, 0.05) is 19.7 Å². The van der Waals surface area contributed by atoms with Gasteiger partial charge in [-0.1, -0.05) is 48.5 Å². The normalized spacial score (nSPS) is 11.0. The summed E-state index contributed by atoms with van der Waals surface area (Å²) in [6.45, 7) is -0.0259. The van der Waals surface area contributed by atoms with Crippen molar-refractivity contribution in [2.24, 2.45) is 0 Å². The molecule has 0 aliphatic rings. The van der Waals surface area contributed by atoms with Gasteiger partial charge in [-0.05, 0) is 29.8 Å². The number of hydrogen-bond donors (Lipinski definition) is 0. The van der Waals surface area contributed by atoms with E-state index in [0.29, 0.717) is 12.3 Å². The van der Waals surface area contributed by atoms with Crippen LogP contribution >= 0.6 is 0 Å². The van der Waals surface area contributed by atoms with E-state index in [9.17, 15) is 13.2 Å². The smallest absolute Gasteiger partial charge is 0.264 e. The Morgan fingerprint density at radius 3 is 2.09 bits per heavy atom. The molecule has 3 aromatic rings. The topological polar surface area (TPSA) is 76.2 Å². The Morgan fingerprint density at radius 2 is 1.50 bits per heavy atom. The number of methoxy groups -OCH3 is 2. The molecule has 0 spiro atoms. The van der Waals surface area contributed by atoms with Gasteiger partial charge in [-0.2, -0.15) is 0 Å². The molecule has 0 bridgehead atoms. The molecule has 0 aliphatic heterocycles. The van der Waals surface area contributed by atoms with Crippen molar-refractivity contribution in [3.63, 3.8) is 0 Å². The van der Waals surface area contributed by atoms with Crippen LogP contribution in [0.1, 0.15) is 5.56 Å². The number of benzene rings is 3. The van der Waals surface area contributed by atoms with Gasteiger partial charge in [0.2, 0.25) is 5.91 Å². The zero-order chi connectivity index (χ0) is 23.1. The van der Waals surface area contributed by atoms with Gasteiger partial charge >= 0.3 is 0 Å². The van der Waals surface area contributed by atoms with E-state index in [1.54, 1.807) is 43.4 Å². The summed E-state index contributed by atoms with van der Waals surface area (Å²) in [6, 6.07) is 22.3. The molecule has 0 N–H and O–H groups in total. The number of amides is 1. The number of anilines is 1. The Labute approximate surface area is 188 Å². The number of hydrogen-bond acceptors (Lipinski definition) is 5. The minimum absolute atomic E-state index is 0.0800. The Balaban J connectivity index is 1.99. The highest BCUT2D eigenvalue weighted by atomic mass is 32.2. The molecule has 0 aromatic heterocycles. The predicted molar refractivity (Wildman–Crippen MR) is 123 cm³/mol. The lowest BCUT2D eigenvalue weighted by Gasteiger charge is -2.28. The number of ether oxygens (including phenoxy) is 2. The predicted octanol–water partition coefficient (Wildman–Crippen LogP) is 3.56. The lowest BCUT2D eigenvalue weighted by molar-refractivity contribution is -0.128. The second-order valence-corrected chi connectivity index (χ2v) is 8.96. The summed E-state index contributed by atoms with van der Waals surface area (Å²) in [7, 11) is 0.552. The van der Waals surface area contributed by atoms with E-state index in [-0.39, 0.29) is 28.8 Å². The quantitative estimate of drug-likeness (QED) is 0.494. The largest absolute Gasteiger partial charge is 0.497 e. The van der Waals surface area contributed by atoms with Gasteiger partial charge in [-0.15, -0.1) is 0 Å². The van der Waals surface area contributed by atoms with Gasteiger partial charge in [-0.25, -0.2) is 8.42 Å². The maximum absolute atomic E-state index is 13.5. The molecule has 0 unspecified atom stereocenters. The van der Waals surface area contributed by atoms with E-state index in [2.05, 4.69) is 0 Å². The molecule has 3 aromatic carbocycles. The first-order chi connectivity index (χ1) is 15.4. The van der Waals surface area contributed by atoms with Gasteiger partial charge < -0.3 is 14.4 Å². The Hall–Kier alpha value is -3.52. The zero-order valence-electron chi connectivity index (χ0n) is 18.3. The molecule has 0 radical (unpaired) electrons. The highest BCUT2D eigenvalue weighted by Crippen LogP contribution is 2.35. The maximum Gasteiger partial charge on any atom is 0.264 e. The van der Waals surface area contributed by atoms with Crippen molar-refractivity contribution in [3.05, 3.63) is 84.4 Å². The van der Waals surface area contributed by atoms with Crippen LogP contribution in [-0.2, 0) is 21.4 Å². The third kappa shape index (κ3) is 5.20. The molecule has 0 fully saturated rings. The van der Waals surface area contributed by atoms with E-state index in [1.807, 2.05) is 30.3 Å². The minimum Gasteiger partial charge on any atom is -0.497 e. The highest BCUT2D eigenvalue weighted by Gasteiger charge is 2.30. The Bertz CT molecular complexity index is 1150. The molecule has 0 saturated carbocycles. The average molecular weight is 455 g/mol. The van der Waals surface area contributed by atoms with Crippen molar-refractivity contribution in [3.8, 4) is 11.5 Å². The molecule has 0 aliphatic carbocycles. The number of carbonyl (C=O) groups excluding carboxylic acids is 1. The summed E-state index contributed by atoms with van der Waals surface area (Å²) < 4.78 is 38.8. The lowest BCUT2D eigenvalue weighted by Crippen LogP contribution is -2.41. The van der Waals surface area contributed by atoms with E-state index in [0.717, 1.165) is 9.87 Å². The molecular weight excluding hydrogens is 428 g/mol. The van der Waals surface area contributed by atoms with Crippen LogP contribution in [0.15, 0.2) is 83.8 Å². The van der Waals surface area contributed by atoms with E-state index in [1.165, 1.54) is 31.3 Å². The maximum atomic E-state index is 13.5. The summed E-state index contributed by atoms with van der Waals surface area (Å²) in [5, 5.41) is 0. The summed E-state index contributed by atoms with van der Waals surface area (Å²) in [4.78, 5) is 14.7. The lowest BCUT2D eigenvalue weighted by atomic mass is 10.2. The van der Waals surface area contributed by atoms with E-state index >= 15 is 0 Å². The molecule has 1 amide bonds. The number of carbonyl (C=O) groups is 1. The molecule has 8 heteroatoms. The van der Waals surface area contributed by atoms with Gasteiger partial charge in [0.05, 0.1) is 24.8 Å². The first-order valence-corrected chi connectivity index (χ1v) is 11.4.